The Balaban J connectivity index is 1.20. The quantitative estimate of drug-likeness (QED) is 0.141. The van der Waals surface area contributed by atoms with E-state index in [0.29, 0.717) is 0 Å². The molecule has 2 aliphatic heterocycles. The van der Waals surface area contributed by atoms with Crippen molar-refractivity contribution < 1.29 is 0 Å². The highest BCUT2D eigenvalue weighted by Gasteiger charge is 2.38. The molecule has 5 aromatic carbocycles. The molecule has 9 rings (SSSR count). The molecule has 1 aromatic heterocycles. The SMILES string of the molecule is C=C[CH]/C(=C\C=C)N1c2ccc(N(C3=C[CH]/C(=c4\ccnc5c4=CC=CN5)C=C3)c3ccccc3)cc2C(C)(C)c2cc(N(c3ccccc3)c3ccccc3)ccc21. The molecule has 0 amide bonds. The molecule has 286 valence electrons. The minimum atomic E-state index is -0.397. The van der Waals surface area contributed by atoms with Gasteiger partial charge in [0, 0.05) is 75.7 Å². The Hall–Kier alpha value is -7.37. The van der Waals surface area contributed by atoms with Crippen molar-refractivity contribution in [3.8, 4) is 0 Å². The van der Waals surface area contributed by atoms with Gasteiger partial charge in [0.05, 0.1) is 11.4 Å². The van der Waals surface area contributed by atoms with E-state index in [1.54, 1.807) is 0 Å². The van der Waals surface area contributed by atoms with E-state index in [9.17, 15) is 0 Å². The van der Waals surface area contributed by atoms with Gasteiger partial charge in [0.1, 0.15) is 5.82 Å². The lowest BCUT2D eigenvalue weighted by Crippen LogP contribution is -2.33. The van der Waals surface area contributed by atoms with Gasteiger partial charge in [-0.05, 0) is 125 Å². The summed E-state index contributed by atoms with van der Waals surface area (Å²) in [5, 5.41) is 5.50. The third-order valence-corrected chi connectivity index (χ3v) is 11.2. The Bertz CT molecular complexity index is 2770. The van der Waals surface area contributed by atoms with Crippen LogP contribution >= 0.6 is 0 Å². The number of allylic oxidation sites excluding steroid dienone is 7. The lowest BCUT2D eigenvalue weighted by molar-refractivity contribution is 0.630. The average molecular weight is 764 g/mol. The van der Waals surface area contributed by atoms with Crippen LogP contribution in [0.3, 0.4) is 0 Å². The summed E-state index contributed by atoms with van der Waals surface area (Å²) in [6.45, 7) is 12.9. The van der Waals surface area contributed by atoms with Crippen LogP contribution in [0.2, 0.25) is 0 Å². The van der Waals surface area contributed by atoms with Gasteiger partial charge < -0.3 is 20.0 Å². The maximum atomic E-state index is 4.55. The van der Waals surface area contributed by atoms with Gasteiger partial charge in [0.15, 0.2) is 0 Å². The second-order valence-corrected chi connectivity index (χ2v) is 15.1. The van der Waals surface area contributed by atoms with Crippen LogP contribution in [-0.4, -0.2) is 4.98 Å². The van der Waals surface area contributed by atoms with Crippen molar-refractivity contribution in [1.29, 1.82) is 0 Å². The zero-order valence-corrected chi connectivity index (χ0v) is 33.3. The third kappa shape index (κ3) is 6.91. The van der Waals surface area contributed by atoms with Crippen LogP contribution in [0.1, 0.15) is 25.0 Å². The number of nitrogens with zero attached hydrogens (tertiary/aromatic N) is 4. The topological polar surface area (TPSA) is 34.6 Å². The Morgan fingerprint density at radius 1 is 0.661 bits per heavy atom. The van der Waals surface area contributed by atoms with Crippen LogP contribution in [0.4, 0.5) is 45.6 Å². The van der Waals surface area contributed by atoms with Crippen molar-refractivity contribution in [3.63, 3.8) is 0 Å². The fourth-order valence-electron chi connectivity index (χ4n) is 8.41. The van der Waals surface area contributed by atoms with Crippen molar-refractivity contribution in [2.75, 3.05) is 20.0 Å². The number of nitrogens with one attached hydrogen (secondary N) is 1. The summed E-state index contributed by atoms with van der Waals surface area (Å²) in [5.74, 6) is 0.865. The van der Waals surface area contributed by atoms with Crippen molar-refractivity contribution in [3.05, 3.63) is 247 Å². The number of hydrogen-bond acceptors (Lipinski definition) is 5. The van der Waals surface area contributed by atoms with E-state index in [4.69, 9.17) is 0 Å². The molecular formula is C54H45N5. The van der Waals surface area contributed by atoms with Crippen molar-refractivity contribution >= 4 is 57.3 Å². The number of fused-ring (bicyclic) bond motifs is 3. The second kappa shape index (κ2) is 15.9. The number of benzene rings is 5. The molecule has 0 bridgehead atoms. The summed E-state index contributed by atoms with van der Waals surface area (Å²) in [6.07, 6.45) is 24.5. The molecule has 1 N–H and O–H groups in total. The standard InChI is InChI=1S/C54H45N5/c1-5-17-40(18-6-2)59-51-32-30-45(57(41-19-10-7-11-20-41)42-21-12-8-13-22-42)37-49(51)54(3,4)50-38-46(31-33-52(50)59)58(43-23-14-9-15-24-43)44-28-26-39(27-29-44)47-34-36-56-53-48(47)25-16-35-55-53/h5-38H,1-2H2,3-4H3,(H,55,56)/b40-17+. The first-order valence-electron chi connectivity index (χ1n) is 20.0. The Morgan fingerprint density at radius 2 is 1.25 bits per heavy atom. The second-order valence-electron chi connectivity index (χ2n) is 15.1. The molecule has 0 saturated heterocycles. The summed E-state index contributed by atoms with van der Waals surface area (Å²) in [4.78, 5) is 11.6. The van der Waals surface area contributed by atoms with Gasteiger partial charge in [-0.25, -0.2) is 4.98 Å². The fourth-order valence-corrected chi connectivity index (χ4v) is 8.41. The number of pyridine rings is 1. The minimum Gasteiger partial charge on any atom is -0.346 e. The highest BCUT2D eigenvalue weighted by Crippen LogP contribution is 2.53. The van der Waals surface area contributed by atoms with E-state index in [2.05, 4.69) is 229 Å². The van der Waals surface area contributed by atoms with Crippen molar-refractivity contribution in [2.45, 2.75) is 19.3 Å². The lowest BCUT2D eigenvalue weighted by Gasteiger charge is -2.44. The molecule has 1 aliphatic carbocycles. The Labute approximate surface area is 347 Å². The van der Waals surface area contributed by atoms with Gasteiger partial charge in [-0.2, -0.15) is 0 Å². The number of anilines is 8. The first-order chi connectivity index (χ1) is 29.0. The van der Waals surface area contributed by atoms with Gasteiger partial charge in [-0.15, -0.1) is 6.58 Å². The first-order valence-corrected chi connectivity index (χ1v) is 20.0. The molecule has 5 nitrogen and oxygen atoms in total. The molecule has 3 heterocycles. The van der Waals surface area contributed by atoms with Gasteiger partial charge in [-0.1, -0.05) is 99.3 Å². The van der Waals surface area contributed by atoms with Gasteiger partial charge >= 0.3 is 0 Å². The van der Waals surface area contributed by atoms with Crippen LogP contribution in [-0.2, 0) is 5.41 Å². The molecule has 5 heteroatoms. The number of rotatable bonds is 10. The minimum absolute atomic E-state index is 0.397. The molecule has 0 unspecified atom stereocenters. The third-order valence-electron chi connectivity index (χ3n) is 11.2. The van der Waals surface area contributed by atoms with Gasteiger partial charge in [0.25, 0.3) is 0 Å². The molecule has 0 atom stereocenters. The fraction of sp³-hybridized carbons (Fsp3) is 0.0556. The maximum absolute atomic E-state index is 4.55. The van der Waals surface area contributed by atoms with Crippen molar-refractivity contribution in [1.82, 2.24) is 4.98 Å². The van der Waals surface area contributed by atoms with Gasteiger partial charge in [0.2, 0.25) is 0 Å². The molecule has 6 aromatic rings. The van der Waals surface area contributed by atoms with Crippen LogP contribution in [0, 0.1) is 12.8 Å². The zero-order valence-electron chi connectivity index (χ0n) is 33.3. The predicted octanol–water partition coefficient (Wildman–Crippen LogP) is 12.2. The number of para-hydroxylation sites is 3. The van der Waals surface area contributed by atoms with E-state index in [-0.39, 0.29) is 0 Å². The largest absolute Gasteiger partial charge is 0.346 e. The number of hydrogen-bond donors (Lipinski definition) is 1. The average Bonchev–Trinajstić information content (AvgIpc) is 3.28. The highest BCUT2D eigenvalue weighted by atomic mass is 15.2. The van der Waals surface area contributed by atoms with E-state index >= 15 is 0 Å². The maximum Gasteiger partial charge on any atom is 0.137 e. The summed E-state index contributed by atoms with van der Waals surface area (Å²) >= 11 is 0. The molecule has 0 fully saturated rings. The summed E-state index contributed by atoms with van der Waals surface area (Å²) in [5.41, 5.74) is 12.8. The van der Waals surface area contributed by atoms with Crippen LogP contribution < -0.4 is 30.5 Å². The van der Waals surface area contributed by atoms with Gasteiger partial charge in [-0.3, -0.25) is 0 Å². The number of aromatic nitrogens is 1. The van der Waals surface area contributed by atoms with E-state index in [1.165, 1.54) is 11.1 Å². The Kier molecular flexibility index (Phi) is 10.0. The highest BCUT2D eigenvalue weighted by molar-refractivity contribution is 5.88. The summed E-state index contributed by atoms with van der Waals surface area (Å²) in [7, 11) is 0. The molecule has 59 heavy (non-hydrogen) atoms. The van der Waals surface area contributed by atoms with E-state index in [0.717, 1.165) is 73.0 Å². The molecule has 0 spiro atoms. The summed E-state index contributed by atoms with van der Waals surface area (Å²) < 4.78 is 0. The summed E-state index contributed by atoms with van der Waals surface area (Å²) in [6, 6.07) is 47.6. The molecule has 3 aliphatic rings. The first kappa shape index (κ1) is 37.2. The smallest absolute Gasteiger partial charge is 0.137 e. The Morgan fingerprint density at radius 3 is 1.81 bits per heavy atom. The molecule has 2 radical (unpaired) electrons. The molecular weight excluding hydrogens is 719 g/mol. The monoisotopic (exact) mass is 763 g/mol. The normalized spacial score (nSPS) is 15.7. The van der Waals surface area contributed by atoms with E-state index in [1.807, 2.05) is 30.6 Å². The van der Waals surface area contributed by atoms with E-state index < -0.39 is 5.41 Å². The van der Waals surface area contributed by atoms with Crippen LogP contribution in [0.15, 0.2) is 213 Å². The lowest BCUT2D eigenvalue weighted by atomic mass is 9.73. The predicted molar refractivity (Wildman–Crippen MR) is 249 cm³/mol. The molecule has 0 saturated carbocycles. The zero-order chi connectivity index (χ0) is 40.3. The van der Waals surface area contributed by atoms with Crippen LogP contribution in [0.5, 0.6) is 0 Å². The van der Waals surface area contributed by atoms with Crippen molar-refractivity contribution in [2.24, 2.45) is 0 Å². The van der Waals surface area contributed by atoms with Crippen LogP contribution in [0.25, 0.3) is 11.6 Å².